The van der Waals surface area contributed by atoms with Crippen molar-refractivity contribution in [3.63, 3.8) is 0 Å². The summed E-state index contributed by atoms with van der Waals surface area (Å²) in [6, 6.07) is 8.79. The van der Waals surface area contributed by atoms with E-state index >= 15 is 0 Å². The fraction of sp³-hybridized carbons (Fsp3) is 0.294. The SMILES string of the molecule is Cc1n[nH]c(C)c1CNC(=O)N[C@H](C)c1noc(-c2ccccc2)n1. The number of hydrogen-bond acceptors (Lipinski definition) is 5. The van der Waals surface area contributed by atoms with Crippen LogP contribution in [0.4, 0.5) is 4.79 Å². The quantitative estimate of drug-likeness (QED) is 0.661. The first-order valence-corrected chi connectivity index (χ1v) is 7.98. The van der Waals surface area contributed by atoms with Gasteiger partial charge in [0, 0.05) is 23.4 Å². The average molecular weight is 340 g/mol. The summed E-state index contributed by atoms with van der Waals surface area (Å²) in [7, 11) is 0. The van der Waals surface area contributed by atoms with Crippen LogP contribution in [0.5, 0.6) is 0 Å². The van der Waals surface area contributed by atoms with E-state index in [0.29, 0.717) is 18.3 Å². The first-order chi connectivity index (χ1) is 12.0. The second-order valence-corrected chi connectivity index (χ2v) is 5.79. The molecule has 0 aliphatic carbocycles. The fourth-order valence-corrected chi connectivity index (χ4v) is 2.42. The molecular weight excluding hydrogens is 320 g/mol. The first kappa shape index (κ1) is 16.7. The molecule has 0 fully saturated rings. The van der Waals surface area contributed by atoms with Gasteiger partial charge in [0.25, 0.3) is 5.89 Å². The van der Waals surface area contributed by atoms with Gasteiger partial charge in [-0.3, -0.25) is 5.10 Å². The zero-order valence-corrected chi connectivity index (χ0v) is 14.3. The summed E-state index contributed by atoms with van der Waals surface area (Å²) in [6.07, 6.45) is 0. The molecule has 8 nitrogen and oxygen atoms in total. The summed E-state index contributed by atoms with van der Waals surface area (Å²) in [6.45, 7) is 6.01. The summed E-state index contributed by atoms with van der Waals surface area (Å²) in [5, 5.41) is 16.5. The van der Waals surface area contributed by atoms with Crippen molar-refractivity contribution in [2.45, 2.75) is 33.4 Å². The second-order valence-electron chi connectivity index (χ2n) is 5.79. The molecule has 1 atom stereocenters. The minimum Gasteiger partial charge on any atom is -0.334 e. The van der Waals surface area contributed by atoms with Crippen molar-refractivity contribution >= 4 is 6.03 Å². The van der Waals surface area contributed by atoms with E-state index < -0.39 is 0 Å². The molecule has 0 bridgehead atoms. The number of rotatable bonds is 5. The smallest absolute Gasteiger partial charge is 0.315 e. The number of benzene rings is 1. The van der Waals surface area contributed by atoms with Gasteiger partial charge in [-0.15, -0.1) is 0 Å². The molecule has 3 N–H and O–H groups in total. The predicted octanol–water partition coefficient (Wildman–Crippen LogP) is 2.64. The van der Waals surface area contributed by atoms with E-state index in [1.54, 1.807) is 6.92 Å². The molecule has 0 aliphatic rings. The molecular formula is C17H20N6O2. The third-order valence-electron chi connectivity index (χ3n) is 3.90. The lowest BCUT2D eigenvalue weighted by molar-refractivity contribution is 0.236. The molecule has 2 amide bonds. The summed E-state index contributed by atoms with van der Waals surface area (Å²) in [4.78, 5) is 16.4. The van der Waals surface area contributed by atoms with Crippen LogP contribution in [0.3, 0.4) is 0 Å². The van der Waals surface area contributed by atoms with Gasteiger partial charge in [-0.25, -0.2) is 4.79 Å². The fourth-order valence-electron chi connectivity index (χ4n) is 2.42. The largest absolute Gasteiger partial charge is 0.334 e. The Balaban J connectivity index is 1.58. The highest BCUT2D eigenvalue weighted by Crippen LogP contribution is 2.18. The van der Waals surface area contributed by atoms with Crippen LogP contribution in [0.15, 0.2) is 34.9 Å². The molecule has 0 unspecified atom stereocenters. The van der Waals surface area contributed by atoms with Gasteiger partial charge in [-0.1, -0.05) is 23.4 Å². The lowest BCUT2D eigenvalue weighted by Gasteiger charge is -2.11. The number of aromatic amines is 1. The topological polar surface area (TPSA) is 109 Å². The zero-order chi connectivity index (χ0) is 17.8. The van der Waals surface area contributed by atoms with Crippen molar-refractivity contribution in [2.24, 2.45) is 0 Å². The highest BCUT2D eigenvalue weighted by atomic mass is 16.5. The molecule has 0 saturated carbocycles. The van der Waals surface area contributed by atoms with Crippen LogP contribution in [-0.4, -0.2) is 26.4 Å². The monoisotopic (exact) mass is 340 g/mol. The van der Waals surface area contributed by atoms with Crippen molar-refractivity contribution in [1.82, 2.24) is 31.0 Å². The minimum atomic E-state index is -0.382. The van der Waals surface area contributed by atoms with E-state index in [9.17, 15) is 4.79 Å². The zero-order valence-electron chi connectivity index (χ0n) is 14.3. The second kappa shape index (κ2) is 7.16. The third kappa shape index (κ3) is 3.85. The molecule has 2 aromatic heterocycles. The molecule has 3 aromatic rings. The summed E-state index contributed by atoms with van der Waals surface area (Å²) < 4.78 is 5.26. The van der Waals surface area contributed by atoms with E-state index in [-0.39, 0.29) is 12.1 Å². The van der Waals surface area contributed by atoms with E-state index in [0.717, 1.165) is 22.5 Å². The van der Waals surface area contributed by atoms with Crippen molar-refractivity contribution < 1.29 is 9.32 Å². The molecule has 0 radical (unpaired) electrons. The Labute approximate surface area is 145 Å². The highest BCUT2D eigenvalue weighted by Gasteiger charge is 2.17. The van der Waals surface area contributed by atoms with Crippen LogP contribution in [0.25, 0.3) is 11.5 Å². The Morgan fingerprint density at radius 3 is 2.72 bits per heavy atom. The average Bonchev–Trinajstić information content (AvgIpc) is 3.22. The number of amides is 2. The maximum absolute atomic E-state index is 12.1. The molecule has 0 aliphatic heterocycles. The molecule has 130 valence electrons. The van der Waals surface area contributed by atoms with Crippen LogP contribution < -0.4 is 10.6 Å². The minimum absolute atomic E-state index is 0.307. The Morgan fingerprint density at radius 1 is 1.28 bits per heavy atom. The molecule has 25 heavy (non-hydrogen) atoms. The standard InChI is InChI=1S/C17H20N6O2/c1-10-14(11(2)22-21-10)9-18-17(24)19-12(3)15-20-16(25-23-15)13-7-5-4-6-8-13/h4-8,12H,9H2,1-3H3,(H,21,22)(H2,18,19,24)/t12-/m1/s1. The van der Waals surface area contributed by atoms with Gasteiger partial charge in [0.15, 0.2) is 5.82 Å². The van der Waals surface area contributed by atoms with Crippen LogP contribution in [0.2, 0.25) is 0 Å². The number of carbonyl (C=O) groups excluding carboxylic acids is 1. The van der Waals surface area contributed by atoms with Crippen molar-refractivity contribution in [2.75, 3.05) is 0 Å². The molecule has 3 rings (SSSR count). The highest BCUT2D eigenvalue weighted by molar-refractivity contribution is 5.74. The Hall–Kier alpha value is -3.16. The van der Waals surface area contributed by atoms with Crippen LogP contribution in [-0.2, 0) is 6.54 Å². The first-order valence-electron chi connectivity index (χ1n) is 7.98. The Bertz CT molecular complexity index is 836. The van der Waals surface area contributed by atoms with Gasteiger partial charge in [0.1, 0.15) is 0 Å². The predicted molar refractivity (Wildman–Crippen MR) is 91.6 cm³/mol. The molecule has 0 spiro atoms. The Kier molecular flexibility index (Phi) is 4.78. The molecule has 2 heterocycles. The summed E-state index contributed by atoms with van der Waals surface area (Å²) >= 11 is 0. The third-order valence-corrected chi connectivity index (χ3v) is 3.90. The number of nitrogens with zero attached hydrogens (tertiary/aromatic N) is 3. The van der Waals surface area contributed by atoms with Gasteiger partial charge in [0.2, 0.25) is 0 Å². The van der Waals surface area contributed by atoms with E-state index in [4.69, 9.17) is 4.52 Å². The molecule has 0 saturated heterocycles. The van der Waals surface area contributed by atoms with Crippen LogP contribution in [0, 0.1) is 13.8 Å². The van der Waals surface area contributed by atoms with E-state index in [1.807, 2.05) is 44.2 Å². The van der Waals surface area contributed by atoms with Gasteiger partial charge < -0.3 is 15.2 Å². The van der Waals surface area contributed by atoms with Crippen molar-refractivity contribution in [3.8, 4) is 11.5 Å². The maximum atomic E-state index is 12.1. The van der Waals surface area contributed by atoms with Crippen molar-refractivity contribution in [3.05, 3.63) is 53.1 Å². The number of H-pyrrole nitrogens is 1. The summed E-state index contributed by atoms with van der Waals surface area (Å²) in [5.74, 6) is 0.846. The number of urea groups is 1. The van der Waals surface area contributed by atoms with Crippen molar-refractivity contribution in [1.29, 1.82) is 0 Å². The van der Waals surface area contributed by atoms with Gasteiger partial charge in [0.05, 0.1) is 11.7 Å². The summed E-state index contributed by atoms with van der Waals surface area (Å²) in [5.41, 5.74) is 3.63. The molecule has 8 heteroatoms. The number of carbonyl (C=O) groups is 1. The van der Waals surface area contributed by atoms with Gasteiger partial charge >= 0.3 is 6.03 Å². The number of aromatic nitrogens is 4. The number of nitrogens with one attached hydrogen (secondary N) is 3. The number of aryl methyl sites for hydroxylation is 2. The lowest BCUT2D eigenvalue weighted by Crippen LogP contribution is -2.37. The normalized spacial score (nSPS) is 12.0. The van der Waals surface area contributed by atoms with Crippen LogP contribution >= 0.6 is 0 Å². The van der Waals surface area contributed by atoms with E-state index in [1.165, 1.54) is 0 Å². The Morgan fingerprint density at radius 2 is 2.04 bits per heavy atom. The van der Waals surface area contributed by atoms with Crippen LogP contribution in [0.1, 0.15) is 35.7 Å². The molecule has 1 aromatic carbocycles. The lowest BCUT2D eigenvalue weighted by atomic mass is 10.2. The van der Waals surface area contributed by atoms with Gasteiger partial charge in [-0.05, 0) is 32.9 Å². The van der Waals surface area contributed by atoms with E-state index in [2.05, 4.69) is 31.0 Å². The van der Waals surface area contributed by atoms with Gasteiger partial charge in [-0.2, -0.15) is 10.1 Å². The maximum Gasteiger partial charge on any atom is 0.315 e. The number of hydrogen-bond donors (Lipinski definition) is 3.